The summed E-state index contributed by atoms with van der Waals surface area (Å²) in [6, 6.07) is 27.3. The van der Waals surface area contributed by atoms with E-state index in [0.717, 1.165) is 33.5 Å². The normalized spacial score (nSPS) is 10.5. The molecule has 1 heterocycles. The van der Waals surface area contributed by atoms with E-state index in [-0.39, 0.29) is 5.82 Å². The van der Waals surface area contributed by atoms with E-state index in [4.69, 9.17) is 22.1 Å². The van der Waals surface area contributed by atoms with Crippen molar-refractivity contribution < 1.29 is 4.74 Å². The average molecular weight is 426 g/mol. The minimum Gasteiger partial charge on any atom is -0.488 e. The molecule has 0 unspecified atom stereocenters. The summed E-state index contributed by atoms with van der Waals surface area (Å²) in [5, 5.41) is 10.6. The van der Waals surface area contributed by atoms with Gasteiger partial charge in [0, 0.05) is 27.4 Å². The van der Waals surface area contributed by atoms with Gasteiger partial charge in [-0.25, -0.2) is 4.98 Å². The topological polar surface area (TPSA) is 71.9 Å². The van der Waals surface area contributed by atoms with Crippen molar-refractivity contribution in [3.8, 4) is 34.1 Å². The van der Waals surface area contributed by atoms with Crippen LogP contribution in [0.5, 0.6) is 5.75 Å². The third kappa shape index (κ3) is 4.23. The van der Waals surface area contributed by atoms with Gasteiger partial charge >= 0.3 is 0 Å². The number of hydrogen-bond acceptors (Lipinski definition) is 4. The number of pyridine rings is 1. The number of rotatable bonds is 5. The maximum absolute atomic E-state index is 9.93. The van der Waals surface area contributed by atoms with Gasteiger partial charge in [-0.3, -0.25) is 0 Å². The number of aryl methyl sites for hydroxylation is 1. The van der Waals surface area contributed by atoms with Gasteiger partial charge in [0.15, 0.2) is 0 Å². The van der Waals surface area contributed by atoms with Crippen LogP contribution in [0, 0.1) is 18.3 Å². The molecule has 1 aromatic heterocycles. The number of nitrogens with zero attached hydrogens (tertiary/aromatic N) is 2. The number of anilines is 1. The minimum atomic E-state index is 0.208. The molecule has 4 nitrogen and oxygen atoms in total. The summed E-state index contributed by atoms with van der Waals surface area (Å²) in [6.45, 7) is 2.25. The smallest absolute Gasteiger partial charge is 0.142 e. The van der Waals surface area contributed by atoms with Crippen molar-refractivity contribution in [2.24, 2.45) is 0 Å². The molecule has 0 saturated heterocycles. The van der Waals surface area contributed by atoms with E-state index in [9.17, 15) is 5.26 Å². The Hall–Kier alpha value is -3.81. The van der Waals surface area contributed by atoms with Crippen LogP contribution in [-0.2, 0) is 6.61 Å². The molecule has 152 valence electrons. The molecule has 0 aliphatic rings. The maximum atomic E-state index is 9.93. The summed E-state index contributed by atoms with van der Waals surface area (Å²) < 4.78 is 6.17. The predicted octanol–water partition coefficient (Wildman–Crippen LogP) is 6.41. The summed E-state index contributed by atoms with van der Waals surface area (Å²) in [4.78, 5) is 4.44. The number of nitrogen functional groups attached to an aromatic ring is 1. The Kier molecular flexibility index (Phi) is 5.88. The second-order valence-electron chi connectivity index (χ2n) is 7.10. The molecule has 0 amide bonds. The van der Waals surface area contributed by atoms with Gasteiger partial charge in [0.2, 0.25) is 0 Å². The van der Waals surface area contributed by atoms with Gasteiger partial charge in [-0.05, 0) is 36.2 Å². The van der Waals surface area contributed by atoms with Crippen molar-refractivity contribution in [1.82, 2.24) is 4.98 Å². The van der Waals surface area contributed by atoms with Crippen LogP contribution in [0.2, 0.25) is 5.02 Å². The van der Waals surface area contributed by atoms with Crippen molar-refractivity contribution in [2.45, 2.75) is 13.5 Å². The quantitative estimate of drug-likeness (QED) is 0.401. The molecule has 5 heteroatoms. The van der Waals surface area contributed by atoms with E-state index in [1.807, 2.05) is 85.8 Å². The highest BCUT2D eigenvalue weighted by molar-refractivity contribution is 6.30. The van der Waals surface area contributed by atoms with Crippen LogP contribution in [0.4, 0.5) is 5.82 Å². The van der Waals surface area contributed by atoms with Crippen LogP contribution in [0.25, 0.3) is 22.3 Å². The van der Waals surface area contributed by atoms with Gasteiger partial charge in [0.05, 0.1) is 0 Å². The van der Waals surface area contributed by atoms with Crippen molar-refractivity contribution in [2.75, 3.05) is 5.73 Å². The molecule has 4 aromatic rings. The molecule has 0 spiro atoms. The summed E-state index contributed by atoms with van der Waals surface area (Å²) in [6.07, 6.45) is 0. The Bertz CT molecular complexity index is 1280. The van der Waals surface area contributed by atoms with E-state index < -0.39 is 0 Å². The molecule has 0 fully saturated rings. The second-order valence-corrected chi connectivity index (χ2v) is 7.54. The Morgan fingerprint density at radius 3 is 2.45 bits per heavy atom. The van der Waals surface area contributed by atoms with Crippen molar-refractivity contribution >= 4 is 17.4 Å². The zero-order chi connectivity index (χ0) is 21.8. The Morgan fingerprint density at radius 2 is 1.71 bits per heavy atom. The molecule has 3 aromatic carbocycles. The molecule has 0 bridgehead atoms. The number of ether oxygens (including phenoxy) is 1. The highest BCUT2D eigenvalue weighted by Crippen LogP contribution is 2.42. The molecule has 0 atom stereocenters. The van der Waals surface area contributed by atoms with Gasteiger partial charge in [-0.15, -0.1) is 0 Å². The number of hydrogen-bond donors (Lipinski definition) is 1. The largest absolute Gasteiger partial charge is 0.488 e. The number of benzene rings is 3. The molecular weight excluding hydrogens is 406 g/mol. The summed E-state index contributed by atoms with van der Waals surface area (Å²) in [5.74, 6) is 0.862. The zero-order valence-electron chi connectivity index (χ0n) is 17.0. The molecule has 0 saturated carbocycles. The first-order valence-corrected chi connectivity index (χ1v) is 10.2. The van der Waals surface area contributed by atoms with Gasteiger partial charge < -0.3 is 10.5 Å². The van der Waals surface area contributed by atoms with Gasteiger partial charge in [-0.2, -0.15) is 5.26 Å². The third-order valence-electron chi connectivity index (χ3n) is 5.02. The number of halogens is 1. The van der Waals surface area contributed by atoms with E-state index in [1.54, 1.807) is 0 Å². The number of nitriles is 1. The third-order valence-corrected chi connectivity index (χ3v) is 5.26. The monoisotopic (exact) mass is 425 g/mol. The first kappa shape index (κ1) is 20.5. The van der Waals surface area contributed by atoms with Crippen LogP contribution < -0.4 is 10.5 Å². The highest BCUT2D eigenvalue weighted by atomic mass is 35.5. The van der Waals surface area contributed by atoms with Gasteiger partial charge in [-0.1, -0.05) is 72.3 Å². The average Bonchev–Trinajstić information content (AvgIpc) is 2.78. The summed E-state index contributed by atoms with van der Waals surface area (Å²) in [5.41, 5.74) is 11.5. The number of nitrogens with two attached hydrogens (primary N) is 1. The van der Waals surface area contributed by atoms with Crippen molar-refractivity contribution in [3.05, 3.63) is 101 Å². The summed E-state index contributed by atoms with van der Waals surface area (Å²) >= 11 is 6.10. The van der Waals surface area contributed by atoms with Gasteiger partial charge in [0.1, 0.15) is 29.8 Å². The maximum Gasteiger partial charge on any atom is 0.142 e. The SMILES string of the molecule is Cc1nc(N)c(C#N)c(-c2ccccc2OCc2cccc(Cl)c2)c1-c1ccccc1. The van der Waals surface area contributed by atoms with Crippen LogP contribution in [0.15, 0.2) is 78.9 Å². The minimum absolute atomic E-state index is 0.208. The van der Waals surface area contributed by atoms with E-state index in [2.05, 4.69) is 11.1 Å². The Balaban J connectivity index is 1.88. The molecule has 0 aliphatic heterocycles. The zero-order valence-corrected chi connectivity index (χ0v) is 17.7. The van der Waals surface area contributed by atoms with Crippen LogP contribution in [-0.4, -0.2) is 4.98 Å². The fraction of sp³-hybridized carbons (Fsp3) is 0.0769. The molecule has 0 aliphatic carbocycles. The van der Waals surface area contributed by atoms with Crippen LogP contribution in [0.1, 0.15) is 16.8 Å². The first-order valence-electron chi connectivity index (χ1n) is 9.80. The van der Waals surface area contributed by atoms with Crippen molar-refractivity contribution in [3.63, 3.8) is 0 Å². The van der Waals surface area contributed by atoms with E-state index in [1.165, 1.54) is 0 Å². The molecule has 31 heavy (non-hydrogen) atoms. The summed E-state index contributed by atoms with van der Waals surface area (Å²) in [7, 11) is 0. The molecular formula is C26H20ClN3O. The number of para-hydroxylation sites is 1. The molecule has 0 radical (unpaired) electrons. The Labute approximate surface area is 186 Å². The fourth-order valence-electron chi connectivity index (χ4n) is 3.65. The lowest BCUT2D eigenvalue weighted by Gasteiger charge is -2.19. The molecule has 4 rings (SSSR count). The van der Waals surface area contributed by atoms with Crippen molar-refractivity contribution in [1.29, 1.82) is 5.26 Å². The van der Waals surface area contributed by atoms with Crippen LogP contribution >= 0.6 is 11.6 Å². The number of aromatic nitrogens is 1. The Morgan fingerprint density at radius 1 is 0.968 bits per heavy atom. The highest BCUT2D eigenvalue weighted by Gasteiger charge is 2.22. The first-order chi connectivity index (χ1) is 15.1. The molecule has 2 N–H and O–H groups in total. The lowest BCUT2D eigenvalue weighted by Crippen LogP contribution is -2.04. The fourth-order valence-corrected chi connectivity index (χ4v) is 3.87. The standard InChI is InChI=1S/C26H20ClN3O/c1-17-24(19-9-3-2-4-10-19)25(22(15-28)26(29)30-17)21-12-5-6-13-23(21)31-16-18-8-7-11-20(27)14-18/h2-14H,16H2,1H3,(H2,29,30). The lowest BCUT2D eigenvalue weighted by atomic mass is 9.89. The van der Waals surface area contributed by atoms with E-state index in [0.29, 0.717) is 22.9 Å². The van der Waals surface area contributed by atoms with Crippen LogP contribution in [0.3, 0.4) is 0 Å². The second kappa shape index (κ2) is 8.91. The lowest BCUT2D eigenvalue weighted by molar-refractivity contribution is 0.307. The predicted molar refractivity (Wildman–Crippen MR) is 125 cm³/mol. The van der Waals surface area contributed by atoms with E-state index >= 15 is 0 Å². The van der Waals surface area contributed by atoms with Gasteiger partial charge in [0.25, 0.3) is 0 Å².